The lowest BCUT2D eigenvalue weighted by molar-refractivity contribution is 0.274. The molecule has 0 spiro atoms. The summed E-state index contributed by atoms with van der Waals surface area (Å²) in [6.07, 6.45) is 6.63. The van der Waals surface area contributed by atoms with Crippen molar-refractivity contribution < 1.29 is 0 Å². The first-order valence-corrected chi connectivity index (χ1v) is 6.58. The monoisotopic (exact) mass is 281 g/mol. The van der Waals surface area contributed by atoms with Crippen molar-refractivity contribution in [2.45, 2.75) is 34.2 Å². The molecule has 0 saturated heterocycles. The predicted octanol–water partition coefficient (Wildman–Crippen LogP) is 2.62. The molecule has 0 aliphatic heterocycles. The molecule has 0 saturated carbocycles. The zero-order chi connectivity index (χ0) is 14.6. The number of anilines is 1. The van der Waals surface area contributed by atoms with E-state index in [-0.39, 0.29) is 17.5 Å². The minimum absolute atomic E-state index is 0.138. The maximum absolute atomic E-state index is 12.1. The maximum Gasteiger partial charge on any atom is 0.292 e. The smallest absolute Gasteiger partial charge is 0.292 e. The molecule has 4 nitrogen and oxygen atoms in total. The van der Waals surface area contributed by atoms with Crippen molar-refractivity contribution in [3.63, 3.8) is 0 Å². The van der Waals surface area contributed by atoms with E-state index in [1.54, 1.807) is 0 Å². The Labute approximate surface area is 119 Å². The van der Waals surface area contributed by atoms with Crippen molar-refractivity contribution in [1.29, 1.82) is 0 Å². The lowest BCUT2D eigenvalue weighted by Gasteiger charge is -2.27. The average Bonchev–Trinajstić information content (AvgIpc) is 2.31. The Balaban J connectivity index is 2.93. The molecule has 0 radical (unpaired) electrons. The van der Waals surface area contributed by atoms with E-state index in [2.05, 4.69) is 44.0 Å². The highest BCUT2D eigenvalue weighted by atomic mass is 35.5. The van der Waals surface area contributed by atoms with E-state index in [0.717, 1.165) is 0 Å². The molecule has 5 heteroatoms. The van der Waals surface area contributed by atoms with Crippen LogP contribution in [0.25, 0.3) is 0 Å². The van der Waals surface area contributed by atoms with Gasteiger partial charge in [0.25, 0.3) is 5.56 Å². The van der Waals surface area contributed by atoms with Gasteiger partial charge in [-0.3, -0.25) is 4.79 Å². The molecule has 0 aliphatic rings. The SMILES string of the molecule is C#CCn1ncc(Cl)c(NCC(C)C(C)(C)C)c1=O. The molecule has 1 rings (SSSR count). The molecule has 104 valence electrons. The number of terminal acetylenes is 1. The fourth-order valence-electron chi connectivity index (χ4n) is 1.39. The van der Waals surface area contributed by atoms with Crippen LogP contribution in [0.5, 0.6) is 0 Å². The first-order valence-electron chi connectivity index (χ1n) is 6.20. The summed E-state index contributed by atoms with van der Waals surface area (Å²) in [6.45, 7) is 9.40. The standard InChI is InChI=1S/C14H20ClN3O/c1-6-7-18-13(19)12(11(15)9-17-18)16-8-10(2)14(3,4)5/h1,9-10,16H,7-8H2,2-5H3. The van der Waals surface area contributed by atoms with Crippen molar-refractivity contribution in [3.8, 4) is 12.3 Å². The van der Waals surface area contributed by atoms with Crippen molar-refractivity contribution in [2.75, 3.05) is 11.9 Å². The summed E-state index contributed by atoms with van der Waals surface area (Å²) in [5.74, 6) is 2.78. The summed E-state index contributed by atoms with van der Waals surface area (Å²) in [5, 5.41) is 7.33. The largest absolute Gasteiger partial charge is 0.379 e. The third-order valence-corrected chi connectivity index (χ3v) is 3.59. The second kappa shape index (κ2) is 6.12. The Hall–Kier alpha value is -1.47. The lowest BCUT2D eigenvalue weighted by atomic mass is 9.82. The number of hydrogen-bond acceptors (Lipinski definition) is 3. The average molecular weight is 282 g/mol. The first kappa shape index (κ1) is 15.6. The quantitative estimate of drug-likeness (QED) is 0.863. The maximum atomic E-state index is 12.1. The number of hydrogen-bond donors (Lipinski definition) is 1. The molecule has 0 fully saturated rings. The Bertz CT molecular complexity index is 537. The van der Waals surface area contributed by atoms with Crippen LogP contribution in [-0.4, -0.2) is 16.3 Å². The normalized spacial score (nSPS) is 12.8. The lowest BCUT2D eigenvalue weighted by Crippen LogP contribution is -2.30. The molecule has 0 aliphatic carbocycles. The second-order valence-corrected chi connectivity index (χ2v) is 6.09. The molecule has 1 unspecified atom stereocenters. The number of halogens is 1. The summed E-state index contributed by atoms with van der Waals surface area (Å²) < 4.78 is 1.22. The summed E-state index contributed by atoms with van der Waals surface area (Å²) >= 11 is 6.01. The number of aromatic nitrogens is 2. The van der Waals surface area contributed by atoms with E-state index >= 15 is 0 Å². The van der Waals surface area contributed by atoms with E-state index < -0.39 is 0 Å². The van der Waals surface area contributed by atoms with E-state index in [4.69, 9.17) is 18.0 Å². The third-order valence-electron chi connectivity index (χ3n) is 3.30. The Morgan fingerprint density at radius 1 is 1.58 bits per heavy atom. The summed E-state index contributed by atoms with van der Waals surface area (Å²) in [5.41, 5.74) is 0.235. The van der Waals surface area contributed by atoms with Gasteiger partial charge in [0.05, 0.1) is 11.2 Å². The van der Waals surface area contributed by atoms with E-state index in [9.17, 15) is 4.79 Å². The predicted molar refractivity (Wildman–Crippen MR) is 79.4 cm³/mol. The van der Waals surface area contributed by atoms with Gasteiger partial charge in [0.1, 0.15) is 12.2 Å². The molecule has 0 amide bonds. The number of rotatable bonds is 4. The van der Waals surface area contributed by atoms with Crippen molar-refractivity contribution in [3.05, 3.63) is 21.6 Å². The van der Waals surface area contributed by atoms with Gasteiger partial charge < -0.3 is 5.32 Å². The van der Waals surface area contributed by atoms with Gasteiger partial charge in [-0.2, -0.15) is 5.10 Å². The highest BCUT2D eigenvalue weighted by Gasteiger charge is 2.20. The van der Waals surface area contributed by atoms with Crippen LogP contribution in [0, 0.1) is 23.7 Å². The van der Waals surface area contributed by atoms with Crippen LogP contribution in [-0.2, 0) is 6.54 Å². The zero-order valence-electron chi connectivity index (χ0n) is 11.8. The van der Waals surface area contributed by atoms with Crippen LogP contribution >= 0.6 is 11.6 Å². The Morgan fingerprint density at radius 2 is 2.21 bits per heavy atom. The van der Waals surface area contributed by atoms with Crippen LogP contribution < -0.4 is 10.9 Å². The third kappa shape index (κ3) is 4.00. The summed E-state index contributed by atoms with van der Waals surface area (Å²) in [4.78, 5) is 12.1. The molecule has 1 atom stereocenters. The van der Waals surface area contributed by atoms with Gasteiger partial charge >= 0.3 is 0 Å². The molecular formula is C14H20ClN3O. The molecule has 1 N–H and O–H groups in total. The molecule has 0 aromatic carbocycles. The highest BCUT2D eigenvalue weighted by Crippen LogP contribution is 2.26. The molecule has 0 bridgehead atoms. The zero-order valence-corrected chi connectivity index (χ0v) is 12.6. The molecular weight excluding hydrogens is 262 g/mol. The van der Waals surface area contributed by atoms with E-state index in [1.165, 1.54) is 10.9 Å². The summed E-state index contributed by atoms with van der Waals surface area (Å²) in [7, 11) is 0. The van der Waals surface area contributed by atoms with Gasteiger partial charge in [0.15, 0.2) is 0 Å². The van der Waals surface area contributed by atoms with Crippen molar-refractivity contribution >= 4 is 17.3 Å². The fourth-order valence-corrected chi connectivity index (χ4v) is 1.58. The molecule has 19 heavy (non-hydrogen) atoms. The van der Waals surface area contributed by atoms with Gasteiger partial charge in [0, 0.05) is 6.54 Å². The van der Waals surface area contributed by atoms with Crippen molar-refractivity contribution in [2.24, 2.45) is 11.3 Å². The van der Waals surface area contributed by atoms with Crippen LogP contribution in [0.4, 0.5) is 5.69 Å². The number of nitrogens with one attached hydrogen (secondary N) is 1. The van der Waals surface area contributed by atoms with E-state index in [0.29, 0.717) is 23.2 Å². The highest BCUT2D eigenvalue weighted by molar-refractivity contribution is 6.32. The van der Waals surface area contributed by atoms with Crippen LogP contribution in [0.3, 0.4) is 0 Å². The van der Waals surface area contributed by atoms with Gasteiger partial charge in [-0.25, -0.2) is 4.68 Å². The van der Waals surface area contributed by atoms with Crippen LogP contribution in [0.15, 0.2) is 11.0 Å². The Kier molecular flexibility index (Phi) is 5.02. The molecule has 1 heterocycles. The van der Waals surface area contributed by atoms with Crippen LogP contribution in [0.1, 0.15) is 27.7 Å². The Morgan fingerprint density at radius 3 is 2.74 bits per heavy atom. The first-order chi connectivity index (χ1) is 8.77. The van der Waals surface area contributed by atoms with Gasteiger partial charge in [0.2, 0.25) is 0 Å². The van der Waals surface area contributed by atoms with Gasteiger partial charge in [-0.15, -0.1) is 6.42 Å². The topological polar surface area (TPSA) is 46.9 Å². The number of nitrogens with zero attached hydrogens (tertiary/aromatic N) is 2. The molecule has 1 aromatic rings. The van der Waals surface area contributed by atoms with Crippen molar-refractivity contribution in [1.82, 2.24) is 9.78 Å². The minimum atomic E-state index is -0.286. The summed E-state index contributed by atoms with van der Waals surface area (Å²) in [6, 6.07) is 0. The molecule has 1 aromatic heterocycles. The fraction of sp³-hybridized carbons (Fsp3) is 0.571. The van der Waals surface area contributed by atoms with Gasteiger partial charge in [-0.1, -0.05) is 45.2 Å². The second-order valence-electron chi connectivity index (χ2n) is 5.68. The minimum Gasteiger partial charge on any atom is -0.379 e. The van der Waals surface area contributed by atoms with Crippen LogP contribution in [0.2, 0.25) is 5.02 Å². The van der Waals surface area contributed by atoms with E-state index in [1.807, 2.05) is 0 Å². The van der Waals surface area contributed by atoms with Gasteiger partial charge in [-0.05, 0) is 11.3 Å².